The number of piperidine rings is 1. The van der Waals surface area contributed by atoms with E-state index in [9.17, 15) is 14.4 Å². The van der Waals surface area contributed by atoms with Gasteiger partial charge in [0.2, 0.25) is 11.8 Å². The molecule has 3 N–H and O–H groups in total. The van der Waals surface area contributed by atoms with Crippen LogP contribution < -0.4 is 16.0 Å². The summed E-state index contributed by atoms with van der Waals surface area (Å²) in [5.41, 5.74) is 1.38. The lowest BCUT2D eigenvalue weighted by Crippen LogP contribution is -2.46. The van der Waals surface area contributed by atoms with Crippen LogP contribution in [0.15, 0.2) is 41.8 Å². The third-order valence-electron chi connectivity index (χ3n) is 4.52. The first-order valence-electron chi connectivity index (χ1n) is 9.24. The number of carbonyl (C=O) groups excluding carboxylic acids is 3. The summed E-state index contributed by atoms with van der Waals surface area (Å²) in [7, 11) is 0. The van der Waals surface area contributed by atoms with Gasteiger partial charge in [-0.3, -0.25) is 19.3 Å². The number of anilines is 2. The number of rotatable bonds is 6. The molecule has 1 aliphatic rings. The van der Waals surface area contributed by atoms with Gasteiger partial charge in [-0.1, -0.05) is 6.07 Å². The number of hydrogen-bond donors (Lipinski definition) is 3. The van der Waals surface area contributed by atoms with Crippen molar-refractivity contribution in [2.24, 2.45) is 0 Å². The maximum atomic E-state index is 12.3. The summed E-state index contributed by atoms with van der Waals surface area (Å²) in [6, 6.07) is 10.9. The van der Waals surface area contributed by atoms with Gasteiger partial charge < -0.3 is 16.0 Å². The molecule has 0 aliphatic carbocycles. The lowest BCUT2D eigenvalue weighted by atomic mass is 10.0. The smallest absolute Gasteiger partial charge is 0.261 e. The Labute approximate surface area is 168 Å². The van der Waals surface area contributed by atoms with E-state index in [1.54, 1.807) is 24.3 Å². The molecule has 28 heavy (non-hydrogen) atoms. The number of amides is 3. The SMILES string of the molecule is CC(=O)Nc1ccc(NC(=O)CN2CCC(NC(=O)c3cccs3)CC2)cc1. The Balaban J connectivity index is 1.40. The molecule has 0 unspecified atom stereocenters. The van der Waals surface area contributed by atoms with Gasteiger partial charge >= 0.3 is 0 Å². The minimum Gasteiger partial charge on any atom is -0.349 e. The van der Waals surface area contributed by atoms with Crippen LogP contribution in [0.5, 0.6) is 0 Å². The molecule has 0 bridgehead atoms. The molecule has 1 fully saturated rings. The van der Waals surface area contributed by atoms with E-state index >= 15 is 0 Å². The highest BCUT2D eigenvalue weighted by atomic mass is 32.1. The van der Waals surface area contributed by atoms with E-state index in [-0.39, 0.29) is 23.8 Å². The number of benzene rings is 1. The van der Waals surface area contributed by atoms with Crippen LogP contribution in [0.2, 0.25) is 0 Å². The van der Waals surface area contributed by atoms with Crippen molar-refractivity contribution >= 4 is 40.4 Å². The monoisotopic (exact) mass is 400 g/mol. The molecular weight excluding hydrogens is 376 g/mol. The Morgan fingerprint density at radius 1 is 1.04 bits per heavy atom. The van der Waals surface area contributed by atoms with Crippen molar-refractivity contribution in [2.45, 2.75) is 25.8 Å². The van der Waals surface area contributed by atoms with E-state index in [0.29, 0.717) is 17.9 Å². The Kier molecular flexibility index (Phi) is 6.78. The zero-order chi connectivity index (χ0) is 19.9. The summed E-state index contributed by atoms with van der Waals surface area (Å²) in [6.45, 7) is 3.31. The molecule has 0 spiro atoms. The van der Waals surface area contributed by atoms with Crippen molar-refractivity contribution in [1.82, 2.24) is 10.2 Å². The van der Waals surface area contributed by atoms with Crippen LogP contribution in [0.25, 0.3) is 0 Å². The van der Waals surface area contributed by atoms with Gasteiger partial charge in [0.25, 0.3) is 5.91 Å². The van der Waals surface area contributed by atoms with Crippen LogP contribution in [0, 0.1) is 0 Å². The van der Waals surface area contributed by atoms with Gasteiger partial charge in [0.15, 0.2) is 0 Å². The number of hydrogen-bond acceptors (Lipinski definition) is 5. The minimum absolute atomic E-state index is 0.0195. The summed E-state index contributed by atoms with van der Waals surface area (Å²) in [6.07, 6.45) is 1.66. The van der Waals surface area contributed by atoms with Gasteiger partial charge in [-0.2, -0.15) is 0 Å². The van der Waals surface area contributed by atoms with E-state index in [0.717, 1.165) is 30.8 Å². The second kappa shape index (κ2) is 9.48. The highest BCUT2D eigenvalue weighted by molar-refractivity contribution is 7.12. The van der Waals surface area contributed by atoms with E-state index in [4.69, 9.17) is 0 Å². The van der Waals surface area contributed by atoms with Crippen molar-refractivity contribution < 1.29 is 14.4 Å². The van der Waals surface area contributed by atoms with Crippen LogP contribution >= 0.6 is 11.3 Å². The quantitative estimate of drug-likeness (QED) is 0.695. The highest BCUT2D eigenvalue weighted by Gasteiger charge is 2.22. The zero-order valence-corrected chi connectivity index (χ0v) is 16.6. The van der Waals surface area contributed by atoms with E-state index in [2.05, 4.69) is 20.9 Å². The van der Waals surface area contributed by atoms with Crippen LogP contribution in [0.3, 0.4) is 0 Å². The molecule has 3 amide bonds. The lowest BCUT2D eigenvalue weighted by Gasteiger charge is -2.31. The van der Waals surface area contributed by atoms with E-state index in [1.165, 1.54) is 18.3 Å². The molecule has 3 rings (SSSR count). The predicted molar refractivity (Wildman–Crippen MR) is 111 cm³/mol. The number of nitrogens with one attached hydrogen (secondary N) is 3. The first-order valence-corrected chi connectivity index (χ1v) is 10.1. The second-order valence-electron chi connectivity index (χ2n) is 6.81. The Morgan fingerprint density at radius 2 is 1.68 bits per heavy atom. The molecule has 1 saturated heterocycles. The first kappa shape index (κ1) is 20.0. The fraction of sp³-hybridized carbons (Fsp3) is 0.350. The lowest BCUT2D eigenvalue weighted by molar-refractivity contribution is -0.117. The van der Waals surface area contributed by atoms with E-state index in [1.807, 2.05) is 17.5 Å². The van der Waals surface area contributed by atoms with Gasteiger partial charge in [0.1, 0.15) is 0 Å². The van der Waals surface area contributed by atoms with Crippen molar-refractivity contribution in [1.29, 1.82) is 0 Å². The summed E-state index contributed by atoms with van der Waals surface area (Å²) < 4.78 is 0. The van der Waals surface area contributed by atoms with Crippen LogP contribution in [0.1, 0.15) is 29.4 Å². The van der Waals surface area contributed by atoms with Crippen molar-refractivity contribution in [3.05, 3.63) is 46.7 Å². The van der Waals surface area contributed by atoms with Gasteiger partial charge in [-0.15, -0.1) is 11.3 Å². The van der Waals surface area contributed by atoms with Gasteiger partial charge in [-0.25, -0.2) is 0 Å². The molecule has 2 heterocycles. The fourth-order valence-electron chi connectivity index (χ4n) is 3.14. The number of carbonyl (C=O) groups is 3. The molecule has 148 valence electrons. The summed E-state index contributed by atoms with van der Waals surface area (Å²) in [5.74, 6) is -0.228. The number of nitrogens with zero attached hydrogens (tertiary/aromatic N) is 1. The average Bonchev–Trinajstić information content (AvgIpc) is 3.19. The molecular formula is C20H24N4O3S. The van der Waals surface area contributed by atoms with Crippen molar-refractivity contribution in [2.75, 3.05) is 30.3 Å². The summed E-state index contributed by atoms with van der Waals surface area (Å²) >= 11 is 1.44. The fourth-order valence-corrected chi connectivity index (χ4v) is 3.77. The normalized spacial score (nSPS) is 15.0. The number of likely N-dealkylation sites (tertiary alicyclic amines) is 1. The first-order chi connectivity index (χ1) is 13.5. The molecule has 2 aromatic rings. The van der Waals surface area contributed by atoms with Gasteiger partial charge in [0.05, 0.1) is 11.4 Å². The molecule has 1 aromatic carbocycles. The maximum Gasteiger partial charge on any atom is 0.261 e. The predicted octanol–water partition coefficient (Wildman–Crippen LogP) is 2.54. The maximum absolute atomic E-state index is 12.3. The van der Waals surface area contributed by atoms with E-state index < -0.39 is 0 Å². The van der Waals surface area contributed by atoms with Crippen molar-refractivity contribution in [3.8, 4) is 0 Å². The van der Waals surface area contributed by atoms with Crippen LogP contribution in [0.4, 0.5) is 11.4 Å². The molecule has 7 nitrogen and oxygen atoms in total. The Bertz CT molecular complexity index is 812. The molecule has 8 heteroatoms. The van der Waals surface area contributed by atoms with Gasteiger partial charge in [0, 0.05) is 37.4 Å². The topological polar surface area (TPSA) is 90.5 Å². The third-order valence-corrected chi connectivity index (χ3v) is 5.39. The highest BCUT2D eigenvalue weighted by Crippen LogP contribution is 2.15. The standard InChI is InChI=1S/C20H24N4O3S/c1-14(25)21-15-4-6-16(7-5-15)22-19(26)13-24-10-8-17(9-11-24)23-20(27)18-3-2-12-28-18/h2-7,12,17H,8-11,13H2,1H3,(H,21,25)(H,22,26)(H,23,27). The molecule has 1 aliphatic heterocycles. The average molecular weight is 401 g/mol. The third kappa shape index (κ3) is 5.90. The molecule has 1 aromatic heterocycles. The molecule has 0 saturated carbocycles. The van der Waals surface area contributed by atoms with Crippen LogP contribution in [-0.2, 0) is 9.59 Å². The summed E-state index contributed by atoms with van der Waals surface area (Å²) in [5, 5.41) is 10.5. The Morgan fingerprint density at radius 3 is 2.25 bits per heavy atom. The minimum atomic E-state index is -0.133. The second-order valence-corrected chi connectivity index (χ2v) is 7.76. The molecule has 0 radical (unpaired) electrons. The van der Waals surface area contributed by atoms with Crippen molar-refractivity contribution in [3.63, 3.8) is 0 Å². The zero-order valence-electron chi connectivity index (χ0n) is 15.7. The molecule has 0 atom stereocenters. The number of thiophene rings is 1. The van der Waals surface area contributed by atoms with Crippen LogP contribution in [-0.4, -0.2) is 48.3 Å². The summed E-state index contributed by atoms with van der Waals surface area (Å²) in [4.78, 5) is 38.2. The Hall–Kier alpha value is -2.71. The van der Waals surface area contributed by atoms with Gasteiger partial charge in [-0.05, 0) is 48.6 Å². The largest absolute Gasteiger partial charge is 0.349 e.